The lowest BCUT2D eigenvalue weighted by Crippen LogP contribution is -1.81. The summed E-state index contributed by atoms with van der Waals surface area (Å²) in [6.07, 6.45) is 1.78. The van der Waals surface area contributed by atoms with Gasteiger partial charge in [0.25, 0.3) is 0 Å². The molecule has 3 aromatic rings. The van der Waals surface area contributed by atoms with Crippen LogP contribution in [0.25, 0.3) is 11.3 Å². The summed E-state index contributed by atoms with van der Waals surface area (Å²) in [5, 5.41) is 8.60. The van der Waals surface area contributed by atoms with Gasteiger partial charge in [-0.2, -0.15) is 5.11 Å². The maximum Gasteiger partial charge on any atom is 0.0951 e. The van der Waals surface area contributed by atoms with Crippen molar-refractivity contribution in [1.29, 1.82) is 0 Å². The molecular weight excluding hydrogens is 246 g/mol. The Balaban J connectivity index is 1.97. The number of hydrogen-bond donors (Lipinski definition) is 0. The molecule has 0 saturated heterocycles. The second-order valence-electron chi connectivity index (χ2n) is 4.27. The first-order valence-electron chi connectivity index (χ1n) is 6.41. The summed E-state index contributed by atoms with van der Waals surface area (Å²) in [5.74, 6) is 0. The second-order valence-corrected chi connectivity index (χ2v) is 4.27. The number of azo groups is 1. The van der Waals surface area contributed by atoms with E-state index in [-0.39, 0.29) is 0 Å². The highest BCUT2D eigenvalue weighted by Crippen LogP contribution is 2.29. The molecule has 0 aliphatic carbocycles. The van der Waals surface area contributed by atoms with Crippen LogP contribution in [-0.4, -0.2) is 4.98 Å². The molecule has 0 saturated carbocycles. The van der Waals surface area contributed by atoms with Gasteiger partial charge in [0.15, 0.2) is 0 Å². The largest absolute Gasteiger partial charge is 0.256 e. The number of aromatic nitrogens is 1. The maximum absolute atomic E-state index is 4.36. The van der Waals surface area contributed by atoms with Crippen LogP contribution in [0.15, 0.2) is 89.2 Å². The highest BCUT2D eigenvalue weighted by molar-refractivity contribution is 5.72. The fourth-order valence-electron chi connectivity index (χ4n) is 1.91. The lowest BCUT2D eigenvalue weighted by Gasteiger charge is -2.03. The predicted molar refractivity (Wildman–Crippen MR) is 80.3 cm³/mol. The van der Waals surface area contributed by atoms with E-state index in [1.165, 1.54) is 0 Å². The molecule has 0 spiro atoms. The molecule has 2 aromatic carbocycles. The van der Waals surface area contributed by atoms with Crippen molar-refractivity contribution in [2.75, 3.05) is 0 Å². The molecule has 0 fully saturated rings. The van der Waals surface area contributed by atoms with Crippen molar-refractivity contribution in [3.8, 4) is 11.3 Å². The molecule has 96 valence electrons. The molecule has 0 unspecified atom stereocenters. The summed E-state index contributed by atoms with van der Waals surface area (Å²) < 4.78 is 0. The van der Waals surface area contributed by atoms with Gasteiger partial charge < -0.3 is 0 Å². The van der Waals surface area contributed by atoms with Crippen LogP contribution in [0.3, 0.4) is 0 Å². The minimum absolute atomic E-state index is 0.815. The lowest BCUT2D eigenvalue weighted by atomic mass is 10.1. The highest BCUT2D eigenvalue weighted by Gasteiger charge is 2.04. The van der Waals surface area contributed by atoms with E-state index >= 15 is 0 Å². The van der Waals surface area contributed by atoms with Crippen LogP contribution in [0.4, 0.5) is 11.4 Å². The fraction of sp³-hybridized carbons (Fsp3) is 0. The minimum Gasteiger partial charge on any atom is -0.256 e. The average Bonchev–Trinajstić information content (AvgIpc) is 2.55. The van der Waals surface area contributed by atoms with Crippen molar-refractivity contribution in [3.05, 3.63) is 79.0 Å². The van der Waals surface area contributed by atoms with Gasteiger partial charge in [-0.15, -0.1) is 5.11 Å². The summed E-state index contributed by atoms with van der Waals surface area (Å²) >= 11 is 0. The molecular formula is C17H13N3. The van der Waals surface area contributed by atoms with Crippen molar-refractivity contribution in [3.63, 3.8) is 0 Å². The molecule has 1 aromatic heterocycles. The second kappa shape index (κ2) is 5.89. The van der Waals surface area contributed by atoms with Gasteiger partial charge in [0.05, 0.1) is 17.1 Å². The first kappa shape index (κ1) is 12.2. The van der Waals surface area contributed by atoms with Gasteiger partial charge in [-0.1, -0.05) is 42.5 Å². The van der Waals surface area contributed by atoms with E-state index in [1.807, 2.05) is 72.8 Å². The summed E-state index contributed by atoms with van der Waals surface area (Å²) in [5.41, 5.74) is 3.53. The average molecular weight is 259 g/mol. The Morgan fingerprint density at radius 1 is 0.650 bits per heavy atom. The molecule has 0 amide bonds. The monoisotopic (exact) mass is 259 g/mol. The molecule has 0 N–H and O–H groups in total. The Morgan fingerprint density at radius 2 is 1.40 bits per heavy atom. The third kappa shape index (κ3) is 2.78. The van der Waals surface area contributed by atoms with Crippen molar-refractivity contribution in [2.24, 2.45) is 10.2 Å². The number of nitrogens with zero attached hydrogens (tertiary/aromatic N) is 3. The van der Waals surface area contributed by atoms with Gasteiger partial charge in [0, 0.05) is 11.8 Å². The first-order chi connectivity index (χ1) is 9.93. The van der Waals surface area contributed by atoms with E-state index < -0.39 is 0 Å². The van der Waals surface area contributed by atoms with Crippen LogP contribution < -0.4 is 0 Å². The lowest BCUT2D eigenvalue weighted by molar-refractivity contribution is 1.22. The normalized spacial score (nSPS) is 10.8. The molecule has 3 rings (SSSR count). The van der Waals surface area contributed by atoms with Gasteiger partial charge in [-0.05, 0) is 30.3 Å². The number of pyridine rings is 1. The van der Waals surface area contributed by atoms with Crippen LogP contribution in [0.5, 0.6) is 0 Å². The smallest absolute Gasteiger partial charge is 0.0951 e. The molecule has 0 aliphatic heterocycles. The first-order valence-corrected chi connectivity index (χ1v) is 6.41. The molecule has 3 heteroatoms. The third-order valence-electron chi connectivity index (χ3n) is 2.87. The fourth-order valence-corrected chi connectivity index (χ4v) is 1.91. The van der Waals surface area contributed by atoms with Gasteiger partial charge in [-0.3, -0.25) is 4.98 Å². The van der Waals surface area contributed by atoms with Crippen molar-refractivity contribution in [2.45, 2.75) is 0 Å². The molecule has 1 heterocycles. The number of hydrogen-bond acceptors (Lipinski definition) is 3. The van der Waals surface area contributed by atoms with Gasteiger partial charge in [-0.25, -0.2) is 0 Å². The van der Waals surface area contributed by atoms with Crippen LogP contribution in [0.2, 0.25) is 0 Å². The van der Waals surface area contributed by atoms with Gasteiger partial charge in [0.1, 0.15) is 0 Å². The van der Waals surface area contributed by atoms with E-state index in [4.69, 9.17) is 0 Å². The van der Waals surface area contributed by atoms with E-state index in [0.717, 1.165) is 22.6 Å². The Hall–Kier alpha value is -2.81. The van der Waals surface area contributed by atoms with Gasteiger partial charge in [0.2, 0.25) is 0 Å². The SMILES string of the molecule is c1ccc(N=Nc2ccccc2-c2ccccn2)cc1. The Kier molecular flexibility index (Phi) is 3.60. The zero-order chi connectivity index (χ0) is 13.6. The summed E-state index contributed by atoms with van der Waals surface area (Å²) in [7, 11) is 0. The minimum atomic E-state index is 0.815. The quantitative estimate of drug-likeness (QED) is 0.598. The van der Waals surface area contributed by atoms with Gasteiger partial charge >= 0.3 is 0 Å². The predicted octanol–water partition coefficient (Wildman–Crippen LogP) is 5.16. The van der Waals surface area contributed by atoms with E-state index in [0.29, 0.717) is 0 Å². The van der Waals surface area contributed by atoms with E-state index in [1.54, 1.807) is 6.20 Å². The van der Waals surface area contributed by atoms with Crippen molar-refractivity contribution < 1.29 is 0 Å². The summed E-state index contributed by atoms with van der Waals surface area (Å²) in [6.45, 7) is 0. The molecule has 0 aliphatic rings. The van der Waals surface area contributed by atoms with Crippen LogP contribution in [0.1, 0.15) is 0 Å². The highest BCUT2D eigenvalue weighted by atomic mass is 15.1. The van der Waals surface area contributed by atoms with Crippen molar-refractivity contribution in [1.82, 2.24) is 4.98 Å². The summed E-state index contributed by atoms with van der Waals surface area (Å²) in [6, 6.07) is 23.4. The Bertz CT molecular complexity index is 707. The van der Waals surface area contributed by atoms with E-state index in [9.17, 15) is 0 Å². The Morgan fingerprint density at radius 3 is 2.20 bits per heavy atom. The Labute approximate surface area is 117 Å². The molecule has 20 heavy (non-hydrogen) atoms. The van der Waals surface area contributed by atoms with Crippen LogP contribution >= 0.6 is 0 Å². The number of rotatable bonds is 3. The zero-order valence-electron chi connectivity index (χ0n) is 10.8. The maximum atomic E-state index is 4.36. The number of benzene rings is 2. The standard InChI is InChI=1S/C17H13N3/c1-2-8-14(9-3-1)19-20-17-12-5-4-10-15(17)16-11-6-7-13-18-16/h1-13H. The van der Waals surface area contributed by atoms with Crippen LogP contribution in [0, 0.1) is 0 Å². The molecule has 3 nitrogen and oxygen atoms in total. The zero-order valence-corrected chi connectivity index (χ0v) is 10.8. The van der Waals surface area contributed by atoms with Crippen LogP contribution in [-0.2, 0) is 0 Å². The molecule has 0 radical (unpaired) electrons. The van der Waals surface area contributed by atoms with E-state index in [2.05, 4.69) is 15.2 Å². The molecule has 0 atom stereocenters. The molecule has 0 bridgehead atoms. The third-order valence-corrected chi connectivity index (χ3v) is 2.87. The summed E-state index contributed by atoms with van der Waals surface area (Å²) in [4.78, 5) is 4.36. The van der Waals surface area contributed by atoms with Crippen molar-refractivity contribution >= 4 is 11.4 Å². The topological polar surface area (TPSA) is 37.6 Å².